The zero-order chi connectivity index (χ0) is 18.4. The normalized spacial score (nSPS) is 16.6. The van der Waals surface area contributed by atoms with E-state index in [1.165, 1.54) is 0 Å². The second-order valence-corrected chi connectivity index (χ2v) is 5.36. The lowest BCUT2D eigenvalue weighted by Crippen LogP contribution is -2.31. The zero-order valence-electron chi connectivity index (χ0n) is 13.9. The summed E-state index contributed by atoms with van der Waals surface area (Å²) in [6.45, 7) is 3.57. The van der Waals surface area contributed by atoms with Crippen LogP contribution in [0.25, 0.3) is 0 Å². The first-order valence-electron chi connectivity index (χ1n) is 7.72. The fourth-order valence-electron chi connectivity index (χ4n) is 2.89. The molecule has 0 bridgehead atoms. The molecule has 1 N–H and O–H groups in total. The predicted molar refractivity (Wildman–Crippen MR) is 89.0 cm³/mol. The topological polar surface area (TPSA) is 110 Å². The van der Waals surface area contributed by atoms with Crippen LogP contribution < -0.4 is 5.32 Å². The van der Waals surface area contributed by atoms with Crippen LogP contribution in [-0.2, 0) is 9.53 Å². The predicted octanol–water partition coefficient (Wildman–Crippen LogP) is 2.65. The summed E-state index contributed by atoms with van der Waals surface area (Å²) < 4.78 is 5.16. The first-order chi connectivity index (χ1) is 12.1. The number of carbonyl (C=O) groups is 1. The third-order valence-corrected chi connectivity index (χ3v) is 3.91. The molecule has 1 aromatic carbocycles. The number of dihydropyridines is 1. The molecule has 0 radical (unpaired) electrons. The first kappa shape index (κ1) is 17.8. The standard InChI is InChI=1S/C19H16N4O2/c1-3-25-19(24)16-12(2)23-15(11-22)17(14(9-20)10-21)18(16)13-7-5-4-6-8-13/h4-8,14,18,23H,3H2,1-2H3/t18-/m1/s1. The van der Waals surface area contributed by atoms with Gasteiger partial charge in [-0.1, -0.05) is 30.3 Å². The van der Waals surface area contributed by atoms with Crippen molar-refractivity contribution in [3.05, 3.63) is 58.4 Å². The van der Waals surface area contributed by atoms with Gasteiger partial charge in [-0.15, -0.1) is 0 Å². The van der Waals surface area contributed by atoms with Crippen LogP contribution in [0.3, 0.4) is 0 Å². The summed E-state index contributed by atoms with van der Waals surface area (Å²) in [6.07, 6.45) is 0. The Balaban J connectivity index is 2.74. The maximum Gasteiger partial charge on any atom is 0.336 e. The summed E-state index contributed by atoms with van der Waals surface area (Å²) in [4.78, 5) is 12.5. The van der Waals surface area contributed by atoms with Gasteiger partial charge in [-0.25, -0.2) is 4.79 Å². The largest absolute Gasteiger partial charge is 0.463 e. The molecule has 0 amide bonds. The van der Waals surface area contributed by atoms with Crippen LogP contribution in [0.5, 0.6) is 0 Å². The second-order valence-electron chi connectivity index (χ2n) is 5.36. The number of esters is 1. The van der Waals surface area contributed by atoms with Gasteiger partial charge in [0.1, 0.15) is 11.8 Å². The molecule has 0 unspecified atom stereocenters. The van der Waals surface area contributed by atoms with Crippen LogP contribution in [0.15, 0.2) is 52.9 Å². The van der Waals surface area contributed by atoms with Gasteiger partial charge in [0.15, 0.2) is 5.92 Å². The molecule has 0 aromatic heterocycles. The Kier molecular flexibility index (Phi) is 5.56. The van der Waals surface area contributed by atoms with Gasteiger partial charge in [-0.2, -0.15) is 15.8 Å². The molecule has 1 aliphatic heterocycles. The van der Waals surface area contributed by atoms with E-state index in [2.05, 4.69) is 5.32 Å². The van der Waals surface area contributed by atoms with E-state index in [4.69, 9.17) is 4.74 Å². The van der Waals surface area contributed by atoms with E-state index >= 15 is 0 Å². The molecule has 0 aliphatic carbocycles. The van der Waals surface area contributed by atoms with E-state index in [0.717, 1.165) is 0 Å². The Morgan fingerprint density at radius 2 is 1.88 bits per heavy atom. The first-order valence-corrected chi connectivity index (χ1v) is 7.72. The lowest BCUT2D eigenvalue weighted by atomic mass is 9.76. The zero-order valence-corrected chi connectivity index (χ0v) is 13.9. The molecular weight excluding hydrogens is 316 g/mol. The van der Waals surface area contributed by atoms with Crippen molar-refractivity contribution < 1.29 is 9.53 Å². The molecule has 1 aliphatic rings. The van der Waals surface area contributed by atoms with Gasteiger partial charge in [0.05, 0.1) is 24.3 Å². The van der Waals surface area contributed by atoms with Crippen LogP contribution >= 0.6 is 0 Å². The van der Waals surface area contributed by atoms with Crippen molar-refractivity contribution in [1.82, 2.24) is 5.32 Å². The lowest BCUT2D eigenvalue weighted by molar-refractivity contribution is -0.138. The number of nitrogens with one attached hydrogen (secondary N) is 1. The van der Waals surface area contributed by atoms with Gasteiger partial charge >= 0.3 is 5.97 Å². The molecule has 1 aromatic rings. The number of ether oxygens (including phenoxy) is 1. The summed E-state index contributed by atoms with van der Waals surface area (Å²) in [5.41, 5.74) is 1.88. The van der Waals surface area contributed by atoms with Gasteiger partial charge in [-0.05, 0) is 19.4 Å². The van der Waals surface area contributed by atoms with Crippen LogP contribution in [0.4, 0.5) is 0 Å². The Labute approximate surface area is 146 Å². The van der Waals surface area contributed by atoms with Gasteiger partial charge in [0, 0.05) is 17.2 Å². The molecule has 2 rings (SSSR count). The van der Waals surface area contributed by atoms with Crippen LogP contribution in [0.1, 0.15) is 25.3 Å². The molecule has 0 saturated carbocycles. The van der Waals surface area contributed by atoms with E-state index in [9.17, 15) is 20.6 Å². The van der Waals surface area contributed by atoms with Crippen molar-refractivity contribution in [1.29, 1.82) is 15.8 Å². The van der Waals surface area contributed by atoms with Crippen molar-refractivity contribution in [2.75, 3.05) is 6.61 Å². The number of allylic oxidation sites excluding steroid dienone is 3. The lowest BCUT2D eigenvalue weighted by Gasteiger charge is -2.30. The van der Waals surface area contributed by atoms with E-state index in [0.29, 0.717) is 16.8 Å². The molecule has 25 heavy (non-hydrogen) atoms. The van der Waals surface area contributed by atoms with Crippen molar-refractivity contribution >= 4 is 5.97 Å². The highest BCUT2D eigenvalue weighted by atomic mass is 16.5. The highest BCUT2D eigenvalue weighted by Gasteiger charge is 2.38. The van der Waals surface area contributed by atoms with Crippen molar-refractivity contribution in [3.63, 3.8) is 0 Å². The molecule has 1 atom stereocenters. The van der Waals surface area contributed by atoms with E-state index in [-0.39, 0.29) is 17.9 Å². The molecule has 6 nitrogen and oxygen atoms in total. The van der Waals surface area contributed by atoms with Crippen LogP contribution in [0.2, 0.25) is 0 Å². The monoisotopic (exact) mass is 332 g/mol. The average molecular weight is 332 g/mol. The smallest absolute Gasteiger partial charge is 0.336 e. The van der Waals surface area contributed by atoms with E-state index in [1.807, 2.05) is 24.3 Å². The minimum atomic E-state index is -1.16. The van der Waals surface area contributed by atoms with Crippen molar-refractivity contribution in [2.24, 2.45) is 5.92 Å². The molecule has 0 saturated heterocycles. The summed E-state index contributed by atoms with van der Waals surface area (Å²) in [7, 11) is 0. The number of rotatable bonds is 4. The minimum Gasteiger partial charge on any atom is -0.463 e. The maximum absolute atomic E-state index is 12.5. The minimum absolute atomic E-state index is 0.118. The van der Waals surface area contributed by atoms with Crippen LogP contribution in [0, 0.1) is 39.9 Å². The fraction of sp³-hybridized carbons (Fsp3) is 0.263. The number of hydrogen-bond acceptors (Lipinski definition) is 6. The molecule has 6 heteroatoms. The highest BCUT2D eigenvalue weighted by Crippen LogP contribution is 2.41. The van der Waals surface area contributed by atoms with Gasteiger partial charge in [0.25, 0.3) is 0 Å². The quantitative estimate of drug-likeness (QED) is 0.849. The molecular formula is C19H16N4O2. The molecule has 0 spiro atoms. The van der Waals surface area contributed by atoms with Crippen molar-refractivity contribution in [2.45, 2.75) is 19.8 Å². The summed E-state index contributed by atoms with van der Waals surface area (Å²) >= 11 is 0. The second kappa shape index (κ2) is 7.81. The molecule has 0 fully saturated rings. The number of nitrogens with zero attached hydrogens (tertiary/aromatic N) is 3. The third-order valence-electron chi connectivity index (χ3n) is 3.91. The van der Waals surface area contributed by atoms with Gasteiger partial charge in [0.2, 0.25) is 0 Å². The number of benzene rings is 1. The Bertz CT molecular complexity index is 849. The maximum atomic E-state index is 12.5. The highest BCUT2D eigenvalue weighted by molar-refractivity contribution is 5.93. The fourth-order valence-corrected chi connectivity index (χ4v) is 2.89. The number of nitriles is 3. The SMILES string of the molecule is CCOC(=O)C1=C(C)NC(C#N)=C(C(C#N)C#N)[C@@H]1c1ccccc1. The van der Waals surface area contributed by atoms with E-state index < -0.39 is 17.8 Å². The van der Waals surface area contributed by atoms with Crippen molar-refractivity contribution in [3.8, 4) is 18.2 Å². The number of hydrogen-bond donors (Lipinski definition) is 1. The summed E-state index contributed by atoms with van der Waals surface area (Å²) in [5.74, 6) is -2.39. The molecule has 1 heterocycles. The summed E-state index contributed by atoms with van der Waals surface area (Å²) in [5, 5.41) is 31.1. The Hall–Kier alpha value is -3.56. The third kappa shape index (κ3) is 3.37. The Morgan fingerprint density at radius 3 is 2.40 bits per heavy atom. The summed E-state index contributed by atoms with van der Waals surface area (Å²) in [6, 6.07) is 14.8. The number of carbonyl (C=O) groups excluding carboxylic acids is 1. The van der Waals surface area contributed by atoms with Gasteiger partial charge in [-0.3, -0.25) is 0 Å². The van der Waals surface area contributed by atoms with Crippen LogP contribution in [-0.4, -0.2) is 12.6 Å². The Morgan fingerprint density at radius 1 is 1.24 bits per heavy atom. The van der Waals surface area contributed by atoms with Gasteiger partial charge < -0.3 is 10.1 Å². The average Bonchev–Trinajstić information content (AvgIpc) is 2.63. The molecule has 124 valence electrons. The van der Waals surface area contributed by atoms with E-state index in [1.54, 1.807) is 38.1 Å².